The van der Waals surface area contributed by atoms with Gasteiger partial charge in [-0.15, -0.1) is 6.58 Å². The third kappa shape index (κ3) is 2.28. The molecule has 1 atom stereocenters. The Morgan fingerprint density at radius 3 is 3.00 bits per heavy atom. The molecule has 2 heterocycles. The van der Waals surface area contributed by atoms with Crippen LogP contribution >= 0.6 is 0 Å². The molecule has 21 heavy (non-hydrogen) atoms. The molecule has 3 rings (SSSR count). The van der Waals surface area contributed by atoms with Crippen LogP contribution in [0.2, 0.25) is 0 Å². The molecule has 1 aromatic heterocycles. The summed E-state index contributed by atoms with van der Waals surface area (Å²) >= 11 is 0. The maximum Gasteiger partial charge on any atom is 0.229 e. The normalized spacial score (nSPS) is 18.6. The number of fused-ring (bicyclic) bond motifs is 1. The zero-order chi connectivity index (χ0) is 15.0. The summed E-state index contributed by atoms with van der Waals surface area (Å²) in [7, 11) is 1.85. The molecule has 0 radical (unpaired) electrons. The van der Waals surface area contributed by atoms with Crippen molar-refractivity contribution < 1.29 is 4.79 Å². The predicted molar refractivity (Wildman–Crippen MR) is 84.0 cm³/mol. The number of anilines is 1. The van der Waals surface area contributed by atoms with E-state index in [0.29, 0.717) is 5.95 Å². The zero-order valence-corrected chi connectivity index (χ0v) is 12.2. The second-order valence-corrected chi connectivity index (χ2v) is 5.55. The zero-order valence-electron chi connectivity index (χ0n) is 12.2. The number of rotatable bonds is 4. The molecule has 0 bridgehead atoms. The minimum atomic E-state index is -0.0426. The van der Waals surface area contributed by atoms with E-state index in [1.807, 2.05) is 35.9 Å². The van der Waals surface area contributed by atoms with Gasteiger partial charge < -0.3 is 15.2 Å². The lowest BCUT2D eigenvalue weighted by molar-refractivity contribution is -0.127. The minimum absolute atomic E-state index is 0.0426. The van der Waals surface area contributed by atoms with Gasteiger partial charge in [0.2, 0.25) is 11.9 Å². The van der Waals surface area contributed by atoms with Gasteiger partial charge in [-0.2, -0.15) is 0 Å². The van der Waals surface area contributed by atoms with Crippen LogP contribution in [0.15, 0.2) is 30.9 Å². The molecule has 0 spiro atoms. The van der Waals surface area contributed by atoms with E-state index in [-0.39, 0.29) is 11.8 Å². The van der Waals surface area contributed by atoms with Gasteiger partial charge in [-0.05, 0) is 30.5 Å². The second kappa shape index (κ2) is 5.24. The van der Waals surface area contributed by atoms with E-state index in [0.717, 1.165) is 42.5 Å². The molecule has 1 aromatic carbocycles. The largest absolute Gasteiger partial charge is 0.369 e. The van der Waals surface area contributed by atoms with Crippen LogP contribution in [0.4, 0.5) is 5.95 Å². The van der Waals surface area contributed by atoms with E-state index in [1.54, 1.807) is 4.90 Å². The number of likely N-dealkylation sites (N-methyl/N-ethyl adjacent to an activating group) is 1. The Bertz CT molecular complexity index is 704. The van der Waals surface area contributed by atoms with Gasteiger partial charge in [0, 0.05) is 20.1 Å². The maximum absolute atomic E-state index is 12.1. The topological polar surface area (TPSA) is 64.2 Å². The number of carbonyl (C=O) groups excluding carboxylic acids is 1. The third-order valence-corrected chi connectivity index (χ3v) is 4.19. The van der Waals surface area contributed by atoms with Crippen molar-refractivity contribution in [1.29, 1.82) is 0 Å². The molecule has 1 aliphatic rings. The number of nitrogens with zero attached hydrogens (tertiary/aromatic N) is 3. The summed E-state index contributed by atoms with van der Waals surface area (Å²) in [5.74, 6) is 0.659. The molecule has 5 heteroatoms. The van der Waals surface area contributed by atoms with Crippen molar-refractivity contribution >= 4 is 22.9 Å². The van der Waals surface area contributed by atoms with Crippen molar-refractivity contribution in [3.05, 3.63) is 36.4 Å². The number of aryl methyl sites for hydroxylation is 1. The summed E-state index contributed by atoms with van der Waals surface area (Å²) in [4.78, 5) is 18.3. The lowest BCUT2D eigenvalue weighted by Crippen LogP contribution is -2.21. The number of likely N-dealkylation sites (tertiary alicyclic amines) is 1. The van der Waals surface area contributed by atoms with E-state index >= 15 is 0 Å². The highest BCUT2D eigenvalue weighted by molar-refractivity contribution is 5.87. The van der Waals surface area contributed by atoms with Crippen molar-refractivity contribution in [1.82, 2.24) is 14.5 Å². The van der Waals surface area contributed by atoms with Gasteiger partial charge in [0.15, 0.2) is 0 Å². The van der Waals surface area contributed by atoms with Crippen LogP contribution in [0.5, 0.6) is 0 Å². The molecular weight excluding hydrogens is 264 g/mol. The predicted octanol–water partition coefficient (Wildman–Crippen LogP) is 2.14. The summed E-state index contributed by atoms with van der Waals surface area (Å²) in [6.07, 6.45) is 3.59. The number of benzene rings is 1. The van der Waals surface area contributed by atoms with Crippen LogP contribution in [-0.2, 0) is 11.3 Å². The van der Waals surface area contributed by atoms with Gasteiger partial charge in [0.1, 0.15) is 0 Å². The lowest BCUT2D eigenvalue weighted by atomic mass is 9.97. The highest BCUT2D eigenvalue weighted by Crippen LogP contribution is 2.30. The van der Waals surface area contributed by atoms with Gasteiger partial charge in [-0.3, -0.25) is 4.79 Å². The standard InChI is InChI=1S/C16H20N4O/c1-3-4-8-20-14-6-5-11(10-13(14)18-16(20)17)12-7-9-19(2)15(12)21/h3,5-6,10,12H,1,4,7-9H2,2H3,(H2,17,18). The SMILES string of the molecule is C=CCCn1c(N)nc2cc(C3CCN(C)C3=O)ccc21. The number of carbonyl (C=O) groups is 1. The number of allylic oxidation sites excluding steroid dienone is 1. The number of imidazole rings is 1. The smallest absolute Gasteiger partial charge is 0.229 e. The summed E-state index contributed by atoms with van der Waals surface area (Å²) in [6, 6.07) is 6.04. The van der Waals surface area contributed by atoms with Crippen LogP contribution in [0, 0.1) is 0 Å². The first-order chi connectivity index (χ1) is 10.1. The van der Waals surface area contributed by atoms with E-state index in [2.05, 4.69) is 11.6 Å². The van der Waals surface area contributed by atoms with Crippen LogP contribution in [-0.4, -0.2) is 34.0 Å². The first-order valence-electron chi connectivity index (χ1n) is 7.23. The van der Waals surface area contributed by atoms with Crippen molar-refractivity contribution in [3.63, 3.8) is 0 Å². The second-order valence-electron chi connectivity index (χ2n) is 5.55. The summed E-state index contributed by atoms with van der Waals surface area (Å²) in [5, 5.41) is 0. The molecule has 0 aliphatic carbocycles. The number of amides is 1. The molecule has 1 saturated heterocycles. The number of hydrogen-bond donors (Lipinski definition) is 1. The van der Waals surface area contributed by atoms with Gasteiger partial charge in [-0.1, -0.05) is 12.1 Å². The fourth-order valence-corrected chi connectivity index (χ4v) is 2.97. The number of nitrogens with two attached hydrogens (primary N) is 1. The fraction of sp³-hybridized carbons (Fsp3) is 0.375. The van der Waals surface area contributed by atoms with Crippen LogP contribution < -0.4 is 5.73 Å². The number of nitrogen functional groups attached to an aromatic ring is 1. The van der Waals surface area contributed by atoms with Crippen molar-refractivity contribution in [2.75, 3.05) is 19.3 Å². The molecular formula is C16H20N4O. The fourth-order valence-electron chi connectivity index (χ4n) is 2.97. The Hall–Kier alpha value is -2.30. The summed E-state index contributed by atoms with van der Waals surface area (Å²) < 4.78 is 1.99. The van der Waals surface area contributed by atoms with Crippen LogP contribution in [0.1, 0.15) is 24.3 Å². The molecule has 2 N–H and O–H groups in total. The summed E-state index contributed by atoms with van der Waals surface area (Å²) in [6.45, 7) is 5.33. The van der Waals surface area contributed by atoms with E-state index in [9.17, 15) is 4.79 Å². The van der Waals surface area contributed by atoms with Crippen molar-refractivity contribution in [2.45, 2.75) is 25.3 Å². The highest BCUT2D eigenvalue weighted by atomic mass is 16.2. The summed E-state index contributed by atoms with van der Waals surface area (Å²) in [5.41, 5.74) is 8.89. The Kier molecular flexibility index (Phi) is 3.41. The third-order valence-electron chi connectivity index (χ3n) is 4.19. The molecule has 5 nitrogen and oxygen atoms in total. The van der Waals surface area contributed by atoms with E-state index in [4.69, 9.17) is 5.73 Å². The molecule has 110 valence electrons. The average Bonchev–Trinajstić information content (AvgIpc) is 2.96. The number of hydrogen-bond acceptors (Lipinski definition) is 3. The molecule has 0 saturated carbocycles. The first kappa shape index (κ1) is 13.7. The molecule has 2 aromatic rings. The quantitative estimate of drug-likeness (QED) is 0.875. The van der Waals surface area contributed by atoms with E-state index in [1.165, 1.54) is 0 Å². The molecule has 1 amide bonds. The Labute approximate surface area is 124 Å². The average molecular weight is 284 g/mol. The Morgan fingerprint density at radius 2 is 2.33 bits per heavy atom. The van der Waals surface area contributed by atoms with Crippen LogP contribution in [0.3, 0.4) is 0 Å². The molecule has 1 unspecified atom stereocenters. The minimum Gasteiger partial charge on any atom is -0.369 e. The first-order valence-corrected chi connectivity index (χ1v) is 7.23. The van der Waals surface area contributed by atoms with E-state index < -0.39 is 0 Å². The van der Waals surface area contributed by atoms with Gasteiger partial charge in [0.05, 0.1) is 17.0 Å². The number of aromatic nitrogens is 2. The van der Waals surface area contributed by atoms with Gasteiger partial charge >= 0.3 is 0 Å². The Morgan fingerprint density at radius 1 is 1.52 bits per heavy atom. The van der Waals surface area contributed by atoms with Gasteiger partial charge in [-0.25, -0.2) is 4.98 Å². The highest BCUT2D eigenvalue weighted by Gasteiger charge is 2.30. The Balaban J connectivity index is 1.98. The van der Waals surface area contributed by atoms with Gasteiger partial charge in [0.25, 0.3) is 0 Å². The molecule has 1 fully saturated rings. The van der Waals surface area contributed by atoms with Crippen molar-refractivity contribution in [3.8, 4) is 0 Å². The molecule has 1 aliphatic heterocycles. The maximum atomic E-state index is 12.1. The van der Waals surface area contributed by atoms with Crippen molar-refractivity contribution in [2.24, 2.45) is 0 Å². The lowest BCUT2D eigenvalue weighted by Gasteiger charge is -2.11. The van der Waals surface area contributed by atoms with Crippen LogP contribution in [0.25, 0.3) is 11.0 Å². The monoisotopic (exact) mass is 284 g/mol.